The number of hydrogen-bond acceptors (Lipinski definition) is 3. The van der Waals surface area contributed by atoms with Crippen molar-refractivity contribution in [2.45, 2.75) is 51.7 Å². The van der Waals surface area contributed by atoms with Crippen LogP contribution in [-0.2, 0) is 17.8 Å². The summed E-state index contributed by atoms with van der Waals surface area (Å²) in [7, 11) is 1.75. The Balaban J connectivity index is 2.02. The number of unbranched alkanes of at least 4 members (excludes halogenated alkanes) is 1. The Morgan fingerprint density at radius 1 is 1.22 bits per heavy atom. The monoisotopic (exact) mass is 504 g/mol. The van der Waals surface area contributed by atoms with Crippen molar-refractivity contribution in [3.05, 3.63) is 64.8 Å². The zero-order valence-corrected chi connectivity index (χ0v) is 20.6. The molecule has 1 heterocycles. The van der Waals surface area contributed by atoms with Crippen molar-refractivity contribution in [3.8, 4) is 0 Å². The predicted octanol–water partition coefficient (Wildman–Crippen LogP) is 4.17. The van der Waals surface area contributed by atoms with Gasteiger partial charge in [0.1, 0.15) is 5.67 Å². The lowest BCUT2D eigenvalue weighted by Gasteiger charge is -2.18. The van der Waals surface area contributed by atoms with Gasteiger partial charge in [-0.15, -0.1) is 0 Å². The molecule has 1 aromatic heterocycles. The van der Waals surface area contributed by atoms with E-state index in [0.717, 1.165) is 24.5 Å². The van der Waals surface area contributed by atoms with E-state index in [0.29, 0.717) is 17.6 Å². The Bertz CT molecular complexity index is 1300. The maximum absolute atomic E-state index is 14.8. The second-order valence-electron chi connectivity index (χ2n) is 9.15. The molecule has 0 saturated carbocycles. The van der Waals surface area contributed by atoms with E-state index in [4.69, 9.17) is 0 Å². The summed E-state index contributed by atoms with van der Waals surface area (Å²) in [6.45, 7) is 2.86. The van der Waals surface area contributed by atoms with E-state index < -0.39 is 24.6 Å². The molecule has 0 bridgehead atoms. The highest BCUT2D eigenvalue weighted by Crippen LogP contribution is 2.21. The number of aliphatic hydroxyl groups excluding tert-OH is 1. The molecule has 2 aromatic carbocycles. The summed E-state index contributed by atoms with van der Waals surface area (Å²) in [6, 6.07) is 10.1. The van der Waals surface area contributed by atoms with Crippen LogP contribution in [0.2, 0.25) is 0 Å². The van der Waals surface area contributed by atoms with Gasteiger partial charge in [0.2, 0.25) is 11.5 Å². The van der Waals surface area contributed by atoms with Crippen LogP contribution >= 0.6 is 0 Å². The van der Waals surface area contributed by atoms with Crippen LogP contribution in [0.25, 0.3) is 11.0 Å². The van der Waals surface area contributed by atoms with Crippen LogP contribution in [0.1, 0.15) is 54.6 Å². The van der Waals surface area contributed by atoms with Crippen LogP contribution in [0.5, 0.6) is 0 Å². The number of fused-ring (bicyclic) bond motifs is 1. The average molecular weight is 505 g/mol. The SMILES string of the molecule is CCCCN(C)C(=O)Cc1ccc2c(c1)[nH]/c(=N\C(=O)c1cccc(C(F)F)c1)n2C[C@@](C)(F)CO. The molecule has 10 heteroatoms. The van der Waals surface area contributed by atoms with Crippen LogP contribution in [0.4, 0.5) is 13.2 Å². The zero-order valence-electron chi connectivity index (χ0n) is 20.6. The first-order valence-electron chi connectivity index (χ1n) is 11.8. The van der Waals surface area contributed by atoms with E-state index in [2.05, 4.69) is 16.9 Å². The van der Waals surface area contributed by atoms with Gasteiger partial charge in [0.05, 0.1) is 30.6 Å². The smallest absolute Gasteiger partial charge is 0.280 e. The molecule has 2 amide bonds. The number of carbonyl (C=O) groups is 2. The van der Waals surface area contributed by atoms with E-state index in [1.54, 1.807) is 30.1 Å². The van der Waals surface area contributed by atoms with E-state index in [1.807, 2.05) is 0 Å². The van der Waals surface area contributed by atoms with Crippen molar-refractivity contribution < 1.29 is 27.9 Å². The summed E-state index contributed by atoms with van der Waals surface area (Å²) in [5.41, 5.74) is -0.622. The van der Waals surface area contributed by atoms with Gasteiger partial charge in [0.15, 0.2) is 0 Å². The Morgan fingerprint density at radius 3 is 2.64 bits per heavy atom. The fourth-order valence-electron chi connectivity index (χ4n) is 3.76. The number of alkyl halides is 3. The summed E-state index contributed by atoms with van der Waals surface area (Å²) in [6.07, 6.45) is -0.692. The molecular weight excluding hydrogens is 473 g/mol. The quantitative estimate of drug-likeness (QED) is 0.434. The first kappa shape index (κ1) is 27.2. The minimum absolute atomic E-state index is 0.00156. The van der Waals surface area contributed by atoms with Crippen LogP contribution in [0, 0.1) is 0 Å². The van der Waals surface area contributed by atoms with E-state index in [9.17, 15) is 27.9 Å². The molecule has 3 aromatic rings. The first-order chi connectivity index (χ1) is 17.0. The lowest BCUT2D eigenvalue weighted by atomic mass is 10.1. The standard InChI is InChI=1S/C26H31F3N4O3/c1-4-5-11-32(3)22(35)13-17-9-10-21-20(12-17)30-25(33(21)15-26(2,29)16-34)31-24(36)19-8-6-7-18(14-19)23(27)28/h6-10,12,14,23,34H,4-5,11,13,15-16H2,1-3H3,(H,30,31,36)/t26-/m1/s1. The highest BCUT2D eigenvalue weighted by Gasteiger charge is 2.25. The van der Waals surface area contributed by atoms with E-state index in [-0.39, 0.29) is 35.6 Å². The fourth-order valence-corrected chi connectivity index (χ4v) is 3.76. The van der Waals surface area contributed by atoms with Gasteiger partial charge in [-0.25, -0.2) is 13.2 Å². The normalized spacial score (nSPS) is 13.8. The number of aromatic amines is 1. The van der Waals surface area contributed by atoms with E-state index in [1.165, 1.54) is 29.7 Å². The summed E-state index contributed by atoms with van der Waals surface area (Å²) < 4.78 is 42.3. The first-order valence-corrected chi connectivity index (χ1v) is 11.8. The van der Waals surface area contributed by atoms with E-state index >= 15 is 0 Å². The van der Waals surface area contributed by atoms with Crippen LogP contribution in [0.15, 0.2) is 47.5 Å². The van der Waals surface area contributed by atoms with Crippen molar-refractivity contribution in [1.29, 1.82) is 0 Å². The minimum Gasteiger partial charge on any atom is -0.393 e. The summed E-state index contributed by atoms with van der Waals surface area (Å²) in [5, 5.41) is 9.45. The summed E-state index contributed by atoms with van der Waals surface area (Å²) in [4.78, 5) is 34.0. The molecule has 0 aliphatic rings. The number of rotatable bonds is 10. The fraction of sp³-hybridized carbons (Fsp3) is 0.423. The molecule has 0 unspecified atom stereocenters. The number of benzene rings is 2. The lowest BCUT2D eigenvalue weighted by molar-refractivity contribution is -0.129. The molecule has 0 radical (unpaired) electrons. The molecular formula is C26H31F3N4O3. The number of likely N-dealkylation sites (N-methyl/N-ethyl adjacent to an activating group) is 1. The number of hydrogen-bond donors (Lipinski definition) is 2. The van der Waals surface area contributed by atoms with Crippen molar-refractivity contribution in [3.63, 3.8) is 0 Å². The van der Waals surface area contributed by atoms with Gasteiger partial charge < -0.3 is 19.6 Å². The molecule has 0 spiro atoms. The second-order valence-corrected chi connectivity index (χ2v) is 9.15. The number of H-pyrrole nitrogens is 1. The highest BCUT2D eigenvalue weighted by atomic mass is 19.3. The number of halogens is 3. The molecule has 0 fully saturated rings. The molecule has 1 atom stereocenters. The van der Waals surface area contributed by atoms with Crippen molar-refractivity contribution in [2.24, 2.45) is 4.99 Å². The third-order valence-electron chi connectivity index (χ3n) is 5.89. The number of amides is 2. The predicted molar refractivity (Wildman–Crippen MR) is 130 cm³/mol. The van der Waals surface area contributed by atoms with Crippen molar-refractivity contribution in [2.75, 3.05) is 20.2 Å². The number of imidazole rings is 1. The highest BCUT2D eigenvalue weighted by molar-refractivity contribution is 5.95. The van der Waals surface area contributed by atoms with Crippen molar-refractivity contribution >= 4 is 22.8 Å². The van der Waals surface area contributed by atoms with Gasteiger partial charge >= 0.3 is 0 Å². The Hall–Kier alpha value is -3.40. The molecule has 3 rings (SSSR count). The third-order valence-corrected chi connectivity index (χ3v) is 5.89. The van der Waals surface area contributed by atoms with Gasteiger partial charge in [-0.3, -0.25) is 9.59 Å². The number of aliphatic hydroxyl groups is 1. The van der Waals surface area contributed by atoms with Gasteiger partial charge in [-0.05, 0) is 43.2 Å². The molecule has 0 aliphatic heterocycles. The van der Waals surface area contributed by atoms with Gasteiger partial charge in [0, 0.05) is 24.7 Å². The molecule has 0 saturated heterocycles. The summed E-state index contributed by atoms with van der Waals surface area (Å²) >= 11 is 0. The largest absolute Gasteiger partial charge is 0.393 e. The van der Waals surface area contributed by atoms with Gasteiger partial charge in [0.25, 0.3) is 12.3 Å². The van der Waals surface area contributed by atoms with Crippen LogP contribution in [0.3, 0.4) is 0 Å². The third kappa shape index (κ3) is 6.63. The number of carbonyl (C=O) groups excluding carboxylic acids is 2. The summed E-state index contributed by atoms with van der Waals surface area (Å²) in [5.74, 6) is -0.826. The maximum atomic E-state index is 14.8. The minimum atomic E-state index is -2.74. The maximum Gasteiger partial charge on any atom is 0.280 e. The average Bonchev–Trinajstić information content (AvgIpc) is 3.17. The van der Waals surface area contributed by atoms with Crippen molar-refractivity contribution in [1.82, 2.24) is 14.5 Å². The lowest BCUT2D eigenvalue weighted by Crippen LogP contribution is -2.34. The van der Waals surface area contributed by atoms with Crippen LogP contribution in [-0.4, -0.2) is 57.2 Å². The molecule has 7 nitrogen and oxygen atoms in total. The topological polar surface area (TPSA) is 90.7 Å². The van der Waals surface area contributed by atoms with Gasteiger partial charge in [-0.1, -0.05) is 31.5 Å². The van der Waals surface area contributed by atoms with Crippen LogP contribution < -0.4 is 5.62 Å². The number of nitrogens with zero attached hydrogens (tertiary/aromatic N) is 3. The van der Waals surface area contributed by atoms with Gasteiger partial charge in [-0.2, -0.15) is 4.99 Å². The number of aromatic nitrogens is 2. The molecule has 36 heavy (non-hydrogen) atoms. The second kappa shape index (κ2) is 11.6. The molecule has 2 N–H and O–H groups in total. The Morgan fingerprint density at radius 2 is 1.97 bits per heavy atom. The zero-order chi connectivity index (χ0) is 26.5. The molecule has 0 aliphatic carbocycles. The number of nitrogens with one attached hydrogen (secondary N) is 1. The Labute approximate surface area is 207 Å². The Kier molecular flexibility index (Phi) is 8.73. The molecule has 194 valence electrons.